The number of nitrogens with zero attached hydrogens (tertiary/aromatic N) is 1. The van der Waals surface area contributed by atoms with Gasteiger partial charge in [0, 0.05) is 12.7 Å². The van der Waals surface area contributed by atoms with Gasteiger partial charge in [-0.1, -0.05) is 13.8 Å². The number of carboxylic acids is 1. The fourth-order valence-corrected chi connectivity index (χ4v) is 3.09. The summed E-state index contributed by atoms with van der Waals surface area (Å²) < 4.78 is 0.986. The molecule has 6 nitrogen and oxygen atoms in total. The number of fused-ring (bicyclic) bond motifs is 1. The maximum atomic E-state index is 12.0. The maximum absolute atomic E-state index is 12.0. The molecule has 2 heterocycles. The second-order valence-corrected chi connectivity index (χ2v) is 6.09. The van der Waals surface area contributed by atoms with E-state index in [0.717, 1.165) is 15.8 Å². The summed E-state index contributed by atoms with van der Waals surface area (Å²) in [5.74, 6) is -1.13. The van der Waals surface area contributed by atoms with E-state index in [-0.39, 0.29) is 12.5 Å². The molecule has 112 valence electrons. The molecule has 7 heteroatoms. The van der Waals surface area contributed by atoms with Crippen molar-refractivity contribution >= 4 is 33.4 Å². The Morgan fingerprint density at radius 1 is 1.48 bits per heavy atom. The van der Waals surface area contributed by atoms with E-state index in [1.54, 1.807) is 12.3 Å². The van der Waals surface area contributed by atoms with E-state index in [2.05, 4.69) is 24.1 Å². The SMILES string of the molecule is CC(C)c1ccnc2cc(C(=O)NCC(N)C(=O)O)sc12. The molecular weight excluding hydrogens is 290 g/mol. The van der Waals surface area contributed by atoms with Gasteiger partial charge in [-0.25, -0.2) is 0 Å². The van der Waals surface area contributed by atoms with Crippen molar-refractivity contribution < 1.29 is 14.7 Å². The van der Waals surface area contributed by atoms with Gasteiger partial charge < -0.3 is 16.2 Å². The van der Waals surface area contributed by atoms with Crippen molar-refractivity contribution in [1.29, 1.82) is 0 Å². The second kappa shape index (κ2) is 6.19. The molecule has 0 fully saturated rings. The number of carbonyl (C=O) groups excluding carboxylic acids is 1. The third kappa shape index (κ3) is 3.37. The van der Waals surface area contributed by atoms with Crippen LogP contribution in [0.25, 0.3) is 10.2 Å². The lowest BCUT2D eigenvalue weighted by Crippen LogP contribution is -2.42. The molecule has 0 spiro atoms. The Balaban J connectivity index is 2.21. The number of hydrogen-bond acceptors (Lipinski definition) is 5. The van der Waals surface area contributed by atoms with Gasteiger partial charge in [-0.15, -0.1) is 11.3 Å². The van der Waals surface area contributed by atoms with Gasteiger partial charge in [-0.3, -0.25) is 14.6 Å². The third-order valence-electron chi connectivity index (χ3n) is 3.09. The Bertz CT molecular complexity index is 681. The minimum Gasteiger partial charge on any atom is -0.480 e. The van der Waals surface area contributed by atoms with Gasteiger partial charge in [-0.05, 0) is 23.6 Å². The van der Waals surface area contributed by atoms with Crippen LogP contribution >= 0.6 is 11.3 Å². The largest absolute Gasteiger partial charge is 0.480 e. The van der Waals surface area contributed by atoms with Gasteiger partial charge in [0.2, 0.25) is 0 Å². The van der Waals surface area contributed by atoms with Crippen molar-refractivity contribution in [1.82, 2.24) is 10.3 Å². The zero-order valence-electron chi connectivity index (χ0n) is 11.8. The summed E-state index contributed by atoms with van der Waals surface area (Å²) in [4.78, 5) is 27.4. The number of aliphatic carboxylic acids is 1. The monoisotopic (exact) mass is 307 g/mol. The van der Waals surface area contributed by atoms with Crippen LogP contribution in [0, 0.1) is 0 Å². The van der Waals surface area contributed by atoms with Gasteiger partial charge in [-0.2, -0.15) is 0 Å². The fraction of sp³-hybridized carbons (Fsp3) is 0.357. The van der Waals surface area contributed by atoms with Crippen molar-refractivity contribution in [2.75, 3.05) is 6.54 Å². The molecule has 0 aliphatic heterocycles. The van der Waals surface area contributed by atoms with E-state index >= 15 is 0 Å². The highest BCUT2D eigenvalue weighted by Crippen LogP contribution is 2.31. The van der Waals surface area contributed by atoms with Crippen molar-refractivity contribution in [3.63, 3.8) is 0 Å². The quantitative estimate of drug-likeness (QED) is 0.777. The van der Waals surface area contributed by atoms with Gasteiger partial charge in [0.25, 0.3) is 5.91 Å². The zero-order chi connectivity index (χ0) is 15.6. The third-order valence-corrected chi connectivity index (χ3v) is 4.26. The molecule has 0 aliphatic rings. The minimum atomic E-state index is -1.14. The van der Waals surface area contributed by atoms with Gasteiger partial charge >= 0.3 is 5.97 Å². The highest BCUT2D eigenvalue weighted by Gasteiger charge is 2.17. The molecule has 0 bridgehead atoms. The first-order valence-corrected chi connectivity index (χ1v) is 7.36. The smallest absolute Gasteiger partial charge is 0.322 e. The predicted octanol–water partition coefficient (Wildman–Crippen LogP) is 1.56. The molecule has 0 aromatic carbocycles. The fourth-order valence-electron chi connectivity index (χ4n) is 1.90. The number of rotatable bonds is 5. The minimum absolute atomic E-state index is 0.104. The van der Waals surface area contributed by atoms with Crippen molar-refractivity contribution in [2.45, 2.75) is 25.8 Å². The van der Waals surface area contributed by atoms with Crippen molar-refractivity contribution in [2.24, 2.45) is 5.73 Å². The van der Waals surface area contributed by atoms with Crippen LogP contribution in [-0.4, -0.2) is 34.6 Å². The van der Waals surface area contributed by atoms with E-state index in [4.69, 9.17) is 10.8 Å². The molecule has 2 aromatic heterocycles. The van der Waals surface area contributed by atoms with Crippen LogP contribution in [0.3, 0.4) is 0 Å². The lowest BCUT2D eigenvalue weighted by atomic mass is 10.0. The number of hydrogen-bond donors (Lipinski definition) is 3. The number of aromatic nitrogens is 1. The van der Waals surface area contributed by atoms with Crippen LogP contribution < -0.4 is 11.1 Å². The first-order chi connectivity index (χ1) is 9.90. The molecule has 2 rings (SSSR count). The number of nitrogens with one attached hydrogen (secondary N) is 1. The molecule has 4 N–H and O–H groups in total. The maximum Gasteiger partial charge on any atom is 0.322 e. The predicted molar refractivity (Wildman–Crippen MR) is 81.7 cm³/mol. The average molecular weight is 307 g/mol. The highest BCUT2D eigenvalue weighted by molar-refractivity contribution is 7.21. The summed E-state index contributed by atoms with van der Waals surface area (Å²) in [6.07, 6.45) is 1.73. The number of nitrogens with two attached hydrogens (primary N) is 1. The van der Waals surface area contributed by atoms with Crippen molar-refractivity contribution in [3.8, 4) is 0 Å². The first kappa shape index (κ1) is 15.4. The van der Waals surface area contributed by atoms with Gasteiger partial charge in [0.1, 0.15) is 6.04 Å². The number of amides is 1. The molecule has 1 unspecified atom stereocenters. The van der Waals surface area contributed by atoms with Crippen LogP contribution in [0.4, 0.5) is 0 Å². The highest BCUT2D eigenvalue weighted by atomic mass is 32.1. The Kier molecular flexibility index (Phi) is 4.54. The Labute approximate surface area is 126 Å². The lowest BCUT2D eigenvalue weighted by Gasteiger charge is -2.07. The van der Waals surface area contributed by atoms with Crippen LogP contribution in [-0.2, 0) is 4.79 Å². The topological polar surface area (TPSA) is 105 Å². The molecule has 1 amide bonds. The molecule has 0 saturated carbocycles. The van der Waals surface area contributed by atoms with Crippen molar-refractivity contribution in [3.05, 3.63) is 28.8 Å². The number of pyridine rings is 1. The summed E-state index contributed by atoms with van der Waals surface area (Å²) in [7, 11) is 0. The molecular formula is C14H17N3O3S. The number of thiophene rings is 1. The Morgan fingerprint density at radius 2 is 2.19 bits per heavy atom. The molecule has 1 atom stereocenters. The van der Waals surface area contributed by atoms with E-state index in [1.165, 1.54) is 11.3 Å². The average Bonchev–Trinajstić information content (AvgIpc) is 2.87. The van der Waals surface area contributed by atoms with E-state index in [9.17, 15) is 9.59 Å². The van der Waals surface area contributed by atoms with E-state index in [0.29, 0.717) is 10.8 Å². The normalized spacial score (nSPS) is 12.6. The van der Waals surface area contributed by atoms with E-state index < -0.39 is 12.0 Å². The Morgan fingerprint density at radius 3 is 2.81 bits per heavy atom. The van der Waals surface area contributed by atoms with Gasteiger partial charge in [0.05, 0.1) is 15.1 Å². The summed E-state index contributed by atoms with van der Waals surface area (Å²) in [5, 5.41) is 11.2. The standard InChI is InChI=1S/C14H17N3O3S/c1-7(2)8-3-4-16-10-5-11(21-12(8)10)13(18)17-6-9(15)14(19)20/h3-5,7,9H,6,15H2,1-2H3,(H,17,18)(H,19,20). The summed E-state index contributed by atoms with van der Waals surface area (Å²) in [6.45, 7) is 4.06. The number of carbonyl (C=O) groups is 2. The zero-order valence-corrected chi connectivity index (χ0v) is 12.6. The summed E-state index contributed by atoms with van der Waals surface area (Å²) >= 11 is 1.36. The van der Waals surface area contributed by atoms with Crippen LogP contribution in [0.5, 0.6) is 0 Å². The molecule has 2 aromatic rings. The summed E-state index contributed by atoms with van der Waals surface area (Å²) in [5.41, 5.74) is 7.28. The van der Waals surface area contributed by atoms with Gasteiger partial charge in [0.15, 0.2) is 0 Å². The molecule has 0 saturated heterocycles. The van der Waals surface area contributed by atoms with Crippen LogP contribution in [0.2, 0.25) is 0 Å². The molecule has 0 aliphatic carbocycles. The van der Waals surface area contributed by atoms with Crippen LogP contribution in [0.1, 0.15) is 35.0 Å². The van der Waals surface area contributed by atoms with Crippen LogP contribution in [0.15, 0.2) is 18.3 Å². The molecule has 21 heavy (non-hydrogen) atoms. The Hall–Kier alpha value is -1.99. The second-order valence-electron chi connectivity index (χ2n) is 5.03. The van der Waals surface area contributed by atoms with E-state index in [1.807, 2.05) is 6.07 Å². The lowest BCUT2D eigenvalue weighted by molar-refractivity contribution is -0.138. The number of carboxylic acid groups (broad SMARTS) is 1. The molecule has 0 radical (unpaired) electrons. The first-order valence-electron chi connectivity index (χ1n) is 6.55. The summed E-state index contributed by atoms with van der Waals surface area (Å²) in [6, 6.07) is 2.56.